The number of benzene rings is 2. The van der Waals surface area contributed by atoms with E-state index in [-0.39, 0.29) is 13.2 Å². The Bertz CT molecular complexity index is 987. The summed E-state index contributed by atoms with van der Waals surface area (Å²) in [6.45, 7) is 1.24. The summed E-state index contributed by atoms with van der Waals surface area (Å²) >= 11 is 0. The summed E-state index contributed by atoms with van der Waals surface area (Å²) in [4.78, 5) is 24.1. The molecule has 0 atom stereocenters. The summed E-state index contributed by atoms with van der Waals surface area (Å²) < 4.78 is 31.6. The topological polar surface area (TPSA) is 102 Å². The van der Waals surface area contributed by atoms with E-state index in [1.165, 1.54) is 28.4 Å². The molecular weight excluding hydrogens is 430 g/mol. The van der Waals surface area contributed by atoms with Crippen LogP contribution in [0.3, 0.4) is 0 Å². The minimum atomic E-state index is -0.687. The third kappa shape index (κ3) is 7.34. The molecule has 0 fully saturated rings. The Morgan fingerprint density at radius 1 is 0.818 bits per heavy atom. The molecule has 2 aromatic carbocycles. The van der Waals surface area contributed by atoms with Gasteiger partial charge < -0.3 is 33.7 Å². The van der Waals surface area contributed by atoms with Crippen LogP contribution in [0.2, 0.25) is 0 Å². The summed E-state index contributed by atoms with van der Waals surface area (Å²) in [5.74, 6) is 1.24. The van der Waals surface area contributed by atoms with Crippen LogP contribution in [0.25, 0.3) is 6.08 Å². The third-order valence-electron chi connectivity index (χ3n) is 4.52. The maximum absolute atomic E-state index is 12.1. The number of rotatable bonds is 12. The van der Waals surface area contributed by atoms with Crippen molar-refractivity contribution in [2.24, 2.45) is 0 Å². The molecule has 2 aromatic rings. The fourth-order valence-corrected chi connectivity index (χ4v) is 2.90. The molecular formula is C24H29NO8. The molecule has 33 heavy (non-hydrogen) atoms. The molecule has 9 nitrogen and oxygen atoms in total. The third-order valence-corrected chi connectivity index (χ3v) is 4.52. The van der Waals surface area contributed by atoms with Crippen LogP contribution in [0, 0.1) is 0 Å². The van der Waals surface area contributed by atoms with Gasteiger partial charge in [-0.15, -0.1) is 0 Å². The monoisotopic (exact) mass is 459 g/mol. The normalized spacial score (nSPS) is 10.5. The Hall–Kier alpha value is -3.88. The Labute approximate surface area is 193 Å². The molecule has 0 saturated carbocycles. The standard InChI is InChI=1S/C24H29NO8/c1-6-7-16-8-9-18(20(10-16)29-3)32-15-24(27)33-14-23(26)25-13-17-11-21(30-4)22(31-5)12-19(17)28-2/h6-12H,13-15H2,1-5H3,(H,25,26)/b7-6+. The Kier molecular flexibility index (Phi) is 9.88. The molecule has 9 heteroatoms. The molecule has 0 aliphatic rings. The number of nitrogens with one attached hydrogen (secondary N) is 1. The Morgan fingerprint density at radius 3 is 2.09 bits per heavy atom. The van der Waals surface area contributed by atoms with Crippen LogP contribution >= 0.6 is 0 Å². The van der Waals surface area contributed by atoms with Gasteiger partial charge in [-0.3, -0.25) is 4.79 Å². The largest absolute Gasteiger partial charge is 0.496 e. The highest BCUT2D eigenvalue weighted by Crippen LogP contribution is 2.34. The van der Waals surface area contributed by atoms with Crippen molar-refractivity contribution in [1.29, 1.82) is 0 Å². The van der Waals surface area contributed by atoms with Gasteiger partial charge in [0.1, 0.15) is 5.75 Å². The minimum Gasteiger partial charge on any atom is -0.496 e. The predicted octanol–water partition coefficient (Wildman–Crippen LogP) is 2.99. The molecule has 0 aromatic heterocycles. The Morgan fingerprint density at radius 2 is 1.45 bits per heavy atom. The van der Waals surface area contributed by atoms with Crippen LogP contribution in [0.5, 0.6) is 28.7 Å². The van der Waals surface area contributed by atoms with E-state index in [1.807, 2.05) is 25.1 Å². The second-order valence-corrected chi connectivity index (χ2v) is 6.66. The molecule has 0 aliphatic carbocycles. The van der Waals surface area contributed by atoms with Crippen LogP contribution in [0.4, 0.5) is 0 Å². The fraction of sp³-hybridized carbons (Fsp3) is 0.333. The van der Waals surface area contributed by atoms with Gasteiger partial charge in [0.25, 0.3) is 5.91 Å². The zero-order valence-electron chi connectivity index (χ0n) is 19.4. The van der Waals surface area contributed by atoms with E-state index in [4.69, 9.17) is 28.4 Å². The molecule has 0 saturated heterocycles. The SMILES string of the molecule is C/C=C/c1ccc(OCC(=O)OCC(=O)NCc2cc(OC)c(OC)cc2OC)c(OC)c1. The van der Waals surface area contributed by atoms with Gasteiger partial charge in [-0.1, -0.05) is 18.2 Å². The molecule has 0 spiro atoms. The summed E-state index contributed by atoms with van der Waals surface area (Å²) in [7, 11) is 6.06. The number of esters is 1. The van der Waals surface area contributed by atoms with Crippen molar-refractivity contribution >= 4 is 18.0 Å². The van der Waals surface area contributed by atoms with Gasteiger partial charge in [0.2, 0.25) is 0 Å². The molecule has 1 N–H and O–H groups in total. The second kappa shape index (κ2) is 12.8. The summed E-state index contributed by atoms with van der Waals surface area (Å²) in [6, 6.07) is 8.68. The number of amides is 1. The second-order valence-electron chi connectivity index (χ2n) is 6.66. The number of allylic oxidation sites excluding steroid dienone is 1. The van der Waals surface area contributed by atoms with Gasteiger partial charge >= 0.3 is 5.97 Å². The van der Waals surface area contributed by atoms with Crippen LogP contribution in [-0.2, 0) is 20.9 Å². The van der Waals surface area contributed by atoms with Crippen molar-refractivity contribution in [3.05, 3.63) is 47.5 Å². The van der Waals surface area contributed by atoms with Crippen molar-refractivity contribution in [3.63, 3.8) is 0 Å². The highest BCUT2D eigenvalue weighted by atomic mass is 16.6. The first-order valence-corrected chi connectivity index (χ1v) is 10.1. The Balaban J connectivity index is 1.85. The van der Waals surface area contributed by atoms with E-state index in [0.29, 0.717) is 34.3 Å². The molecule has 0 heterocycles. The van der Waals surface area contributed by atoms with Crippen LogP contribution in [0.1, 0.15) is 18.1 Å². The lowest BCUT2D eigenvalue weighted by Crippen LogP contribution is -2.29. The first kappa shape index (κ1) is 25.4. The number of hydrogen-bond donors (Lipinski definition) is 1. The lowest BCUT2D eigenvalue weighted by atomic mass is 10.1. The zero-order chi connectivity index (χ0) is 24.2. The smallest absolute Gasteiger partial charge is 0.344 e. The summed E-state index contributed by atoms with van der Waals surface area (Å²) in [5, 5.41) is 2.67. The van der Waals surface area contributed by atoms with E-state index in [2.05, 4.69) is 5.32 Å². The number of ether oxygens (including phenoxy) is 6. The highest BCUT2D eigenvalue weighted by molar-refractivity contribution is 5.81. The summed E-state index contributed by atoms with van der Waals surface area (Å²) in [6.07, 6.45) is 3.82. The van der Waals surface area contributed by atoms with Crippen molar-refractivity contribution in [1.82, 2.24) is 5.32 Å². The summed E-state index contributed by atoms with van der Waals surface area (Å²) in [5.41, 5.74) is 1.61. The van der Waals surface area contributed by atoms with E-state index in [9.17, 15) is 9.59 Å². The number of hydrogen-bond acceptors (Lipinski definition) is 8. The van der Waals surface area contributed by atoms with Crippen LogP contribution in [0.15, 0.2) is 36.4 Å². The van der Waals surface area contributed by atoms with Gasteiger partial charge in [-0.2, -0.15) is 0 Å². The molecule has 0 radical (unpaired) electrons. The van der Waals surface area contributed by atoms with Gasteiger partial charge in [-0.05, 0) is 30.7 Å². The van der Waals surface area contributed by atoms with Gasteiger partial charge in [-0.25, -0.2) is 4.79 Å². The number of carbonyl (C=O) groups is 2. The molecule has 0 unspecified atom stereocenters. The van der Waals surface area contributed by atoms with Crippen LogP contribution in [-0.4, -0.2) is 53.5 Å². The van der Waals surface area contributed by atoms with Gasteiger partial charge in [0.15, 0.2) is 36.2 Å². The predicted molar refractivity (Wildman–Crippen MR) is 122 cm³/mol. The van der Waals surface area contributed by atoms with Crippen molar-refractivity contribution in [3.8, 4) is 28.7 Å². The van der Waals surface area contributed by atoms with Crippen molar-refractivity contribution < 1.29 is 38.0 Å². The van der Waals surface area contributed by atoms with E-state index in [1.54, 1.807) is 24.3 Å². The van der Waals surface area contributed by atoms with Crippen molar-refractivity contribution in [2.45, 2.75) is 13.5 Å². The molecule has 2 rings (SSSR count). The fourth-order valence-electron chi connectivity index (χ4n) is 2.90. The molecule has 0 bridgehead atoms. The highest BCUT2D eigenvalue weighted by Gasteiger charge is 2.14. The average molecular weight is 459 g/mol. The first-order chi connectivity index (χ1) is 15.9. The van der Waals surface area contributed by atoms with E-state index >= 15 is 0 Å². The first-order valence-electron chi connectivity index (χ1n) is 10.1. The van der Waals surface area contributed by atoms with Gasteiger partial charge in [0, 0.05) is 18.2 Å². The minimum absolute atomic E-state index is 0.145. The molecule has 178 valence electrons. The van der Waals surface area contributed by atoms with Crippen LogP contribution < -0.4 is 29.0 Å². The lowest BCUT2D eigenvalue weighted by molar-refractivity contribution is -0.150. The average Bonchev–Trinajstić information content (AvgIpc) is 2.84. The maximum atomic E-state index is 12.1. The van der Waals surface area contributed by atoms with Crippen molar-refractivity contribution in [2.75, 3.05) is 41.7 Å². The van der Waals surface area contributed by atoms with E-state index in [0.717, 1.165) is 5.56 Å². The van der Waals surface area contributed by atoms with E-state index < -0.39 is 18.5 Å². The number of carbonyl (C=O) groups excluding carboxylic acids is 2. The quantitative estimate of drug-likeness (QED) is 0.484. The lowest BCUT2D eigenvalue weighted by Gasteiger charge is -2.14. The van der Waals surface area contributed by atoms with Gasteiger partial charge in [0.05, 0.1) is 28.4 Å². The molecule has 1 amide bonds. The maximum Gasteiger partial charge on any atom is 0.344 e. The molecule has 0 aliphatic heterocycles. The number of methoxy groups -OCH3 is 4. The zero-order valence-corrected chi connectivity index (χ0v) is 19.4.